The van der Waals surface area contributed by atoms with E-state index >= 15 is 0 Å². The summed E-state index contributed by atoms with van der Waals surface area (Å²) in [5.41, 5.74) is 0. The second kappa shape index (κ2) is 8.83. The molecule has 82 valence electrons. The monoisotopic (exact) mass is 222 g/mol. The van der Waals surface area contributed by atoms with Crippen LogP contribution in [0.5, 0.6) is 0 Å². The Kier molecular flexibility index (Phi) is 8.36. The molecule has 0 aliphatic carbocycles. The summed E-state index contributed by atoms with van der Waals surface area (Å²) in [5, 5.41) is 8.34. The third kappa shape index (κ3) is 7.88. The molecule has 0 saturated heterocycles. The van der Waals surface area contributed by atoms with Gasteiger partial charge in [0.1, 0.15) is 6.61 Å². The highest BCUT2D eigenvalue weighted by atomic mass is 32.2. The van der Waals surface area contributed by atoms with Gasteiger partial charge in [-0.3, -0.25) is 9.59 Å². The fourth-order valence-corrected chi connectivity index (χ4v) is 1.22. The molecular formula is C8H14O5S. The molecule has 0 aromatic rings. The van der Waals surface area contributed by atoms with E-state index in [1.165, 1.54) is 0 Å². The van der Waals surface area contributed by atoms with Crippen molar-refractivity contribution in [1.82, 2.24) is 0 Å². The van der Waals surface area contributed by atoms with Gasteiger partial charge in [-0.1, -0.05) is 0 Å². The first kappa shape index (κ1) is 13.2. The Bertz CT molecular complexity index is 183. The van der Waals surface area contributed by atoms with Crippen LogP contribution in [0.2, 0.25) is 0 Å². The van der Waals surface area contributed by atoms with Crippen LogP contribution in [0.4, 0.5) is 0 Å². The summed E-state index contributed by atoms with van der Waals surface area (Å²) in [5.74, 6) is -0.540. The molecule has 0 saturated carbocycles. The fraction of sp³-hybridized carbons (Fsp3) is 0.750. The van der Waals surface area contributed by atoms with Crippen molar-refractivity contribution in [2.24, 2.45) is 0 Å². The zero-order valence-electron chi connectivity index (χ0n) is 8.02. The number of thioether (sulfide) groups is 1. The highest BCUT2D eigenvalue weighted by Gasteiger charge is 2.06. The summed E-state index contributed by atoms with van der Waals surface area (Å²) in [6.07, 6.45) is 0. The van der Waals surface area contributed by atoms with Crippen LogP contribution in [-0.4, -0.2) is 48.4 Å². The smallest absolute Gasteiger partial charge is 0.315 e. The maximum absolute atomic E-state index is 10.8. The largest absolute Gasteiger partial charge is 0.465 e. The van der Waals surface area contributed by atoms with Crippen LogP contribution in [0.3, 0.4) is 0 Å². The maximum Gasteiger partial charge on any atom is 0.315 e. The van der Waals surface area contributed by atoms with E-state index in [1.807, 2.05) is 0 Å². The lowest BCUT2D eigenvalue weighted by atomic mass is 10.7. The number of esters is 2. The third-order valence-corrected chi connectivity index (χ3v) is 1.98. The summed E-state index contributed by atoms with van der Waals surface area (Å²) in [7, 11) is 0. The first-order valence-corrected chi connectivity index (χ1v) is 5.36. The van der Waals surface area contributed by atoms with Crippen molar-refractivity contribution >= 4 is 23.7 Å². The van der Waals surface area contributed by atoms with Gasteiger partial charge in [0.25, 0.3) is 0 Å². The van der Waals surface area contributed by atoms with E-state index in [9.17, 15) is 9.59 Å². The maximum atomic E-state index is 10.8. The normalized spacial score (nSPS) is 9.57. The van der Waals surface area contributed by atoms with Crippen molar-refractivity contribution < 1.29 is 24.2 Å². The summed E-state index contributed by atoms with van der Waals surface area (Å²) in [6, 6.07) is 0. The predicted molar refractivity (Wildman–Crippen MR) is 52.0 cm³/mol. The van der Waals surface area contributed by atoms with Gasteiger partial charge < -0.3 is 14.6 Å². The van der Waals surface area contributed by atoms with Gasteiger partial charge in [0.05, 0.1) is 24.7 Å². The summed E-state index contributed by atoms with van der Waals surface area (Å²) < 4.78 is 9.22. The summed E-state index contributed by atoms with van der Waals surface area (Å²) >= 11 is 1.13. The third-order valence-electron chi connectivity index (χ3n) is 1.10. The van der Waals surface area contributed by atoms with E-state index < -0.39 is 5.97 Å². The molecular weight excluding hydrogens is 208 g/mol. The number of hydrogen-bond donors (Lipinski definition) is 1. The lowest BCUT2D eigenvalue weighted by molar-refractivity contribution is -0.141. The van der Waals surface area contributed by atoms with E-state index in [0.29, 0.717) is 6.61 Å². The molecule has 0 bridgehead atoms. The number of ether oxygens (including phenoxy) is 2. The van der Waals surface area contributed by atoms with Gasteiger partial charge in [0.2, 0.25) is 0 Å². The SMILES string of the molecule is CCOC(=O)CSCC(=O)OCCO. The molecule has 0 aliphatic heterocycles. The van der Waals surface area contributed by atoms with Crippen molar-refractivity contribution in [3.05, 3.63) is 0 Å². The highest BCUT2D eigenvalue weighted by Crippen LogP contribution is 2.01. The van der Waals surface area contributed by atoms with Gasteiger partial charge in [-0.25, -0.2) is 0 Å². The molecule has 0 aromatic heterocycles. The Morgan fingerprint density at radius 3 is 2.29 bits per heavy atom. The Hall–Kier alpha value is -0.750. The number of rotatable bonds is 7. The molecule has 0 aliphatic rings. The van der Waals surface area contributed by atoms with E-state index in [2.05, 4.69) is 9.47 Å². The predicted octanol–water partition coefficient (Wildman–Crippen LogP) is -0.182. The second-order valence-electron chi connectivity index (χ2n) is 2.24. The van der Waals surface area contributed by atoms with Crippen LogP contribution in [0, 0.1) is 0 Å². The van der Waals surface area contributed by atoms with E-state index in [1.54, 1.807) is 6.92 Å². The summed E-state index contributed by atoms with van der Waals surface area (Å²) in [4.78, 5) is 21.6. The molecule has 0 heterocycles. The second-order valence-corrected chi connectivity index (χ2v) is 3.23. The standard InChI is InChI=1S/C8H14O5S/c1-2-12-7(10)5-14-6-8(11)13-4-3-9/h9H,2-6H2,1H3. The van der Waals surface area contributed by atoms with Gasteiger partial charge in [0, 0.05) is 0 Å². The fourth-order valence-electron chi connectivity index (χ4n) is 0.621. The molecule has 0 fully saturated rings. The average molecular weight is 222 g/mol. The van der Waals surface area contributed by atoms with Gasteiger partial charge in [-0.2, -0.15) is 0 Å². The molecule has 0 atom stereocenters. The lowest BCUT2D eigenvalue weighted by Gasteiger charge is -2.02. The first-order valence-electron chi connectivity index (χ1n) is 4.20. The molecule has 0 spiro atoms. The van der Waals surface area contributed by atoms with Gasteiger partial charge in [-0.05, 0) is 6.92 Å². The quantitative estimate of drug-likeness (QED) is 0.602. The molecule has 0 radical (unpaired) electrons. The van der Waals surface area contributed by atoms with Crippen molar-refractivity contribution in [3.63, 3.8) is 0 Å². The zero-order chi connectivity index (χ0) is 10.8. The van der Waals surface area contributed by atoms with Crippen molar-refractivity contribution in [2.45, 2.75) is 6.92 Å². The molecule has 0 rings (SSSR count). The van der Waals surface area contributed by atoms with Crippen LogP contribution in [0.1, 0.15) is 6.92 Å². The van der Waals surface area contributed by atoms with Crippen molar-refractivity contribution in [3.8, 4) is 0 Å². The topological polar surface area (TPSA) is 72.8 Å². The average Bonchev–Trinajstić information content (AvgIpc) is 2.15. The van der Waals surface area contributed by atoms with E-state index in [4.69, 9.17) is 5.11 Å². The van der Waals surface area contributed by atoms with Crippen molar-refractivity contribution in [2.75, 3.05) is 31.3 Å². The van der Waals surface area contributed by atoms with Gasteiger partial charge in [-0.15, -0.1) is 11.8 Å². The number of aliphatic hydroxyl groups excluding tert-OH is 1. The van der Waals surface area contributed by atoms with Crippen LogP contribution in [-0.2, 0) is 19.1 Å². The first-order chi connectivity index (χ1) is 6.70. The Labute approximate surface area is 86.8 Å². The Balaban J connectivity index is 3.34. The van der Waals surface area contributed by atoms with Crippen LogP contribution < -0.4 is 0 Å². The van der Waals surface area contributed by atoms with E-state index in [0.717, 1.165) is 11.8 Å². The number of aliphatic hydroxyl groups is 1. The molecule has 6 heteroatoms. The molecule has 0 aromatic carbocycles. The number of carbonyl (C=O) groups excluding carboxylic acids is 2. The van der Waals surface area contributed by atoms with Gasteiger partial charge >= 0.3 is 11.9 Å². The van der Waals surface area contributed by atoms with Crippen LogP contribution in [0.15, 0.2) is 0 Å². The zero-order valence-corrected chi connectivity index (χ0v) is 8.84. The van der Waals surface area contributed by atoms with Crippen LogP contribution in [0.25, 0.3) is 0 Å². The van der Waals surface area contributed by atoms with Gasteiger partial charge in [0.15, 0.2) is 0 Å². The minimum atomic E-state index is -0.437. The lowest BCUT2D eigenvalue weighted by Crippen LogP contribution is -2.13. The summed E-state index contributed by atoms with van der Waals surface area (Å²) in [6.45, 7) is 1.87. The minimum absolute atomic E-state index is 0.00119. The molecule has 0 unspecified atom stereocenters. The van der Waals surface area contributed by atoms with E-state index in [-0.39, 0.29) is 30.7 Å². The Morgan fingerprint density at radius 1 is 1.21 bits per heavy atom. The molecule has 1 N–H and O–H groups in total. The molecule has 5 nitrogen and oxygen atoms in total. The van der Waals surface area contributed by atoms with Crippen LogP contribution >= 0.6 is 11.8 Å². The minimum Gasteiger partial charge on any atom is -0.465 e. The Morgan fingerprint density at radius 2 is 1.79 bits per heavy atom. The molecule has 14 heavy (non-hydrogen) atoms. The number of hydrogen-bond acceptors (Lipinski definition) is 6. The molecule has 0 amide bonds. The van der Waals surface area contributed by atoms with Crippen molar-refractivity contribution in [1.29, 1.82) is 0 Å². The number of carbonyl (C=O) groups is 2. The highest BCUT2D eigenvalue weighted by molar-refractivity contribution is 8.00.